The molecule has 1 heterocycles. The summed E-state index contributed by atoms with van der Waals surface area (Å²) in [5.41, 5.74) is 3.30. The van der Waals surface area contributed by atoms with Crippen LogP contribution >= 0.6 is 11.8 Å². The Kier molecular flexibility index (Phi) is 6.84. The lowest BCUT2D eigenvalue weighted by Gasteiger charge is -2.19. The molecular formula is C27H27N3O4S. The molecule has 0 aliphatic carbocycles. The van der Waals surface area contributed by atoms with E-state index in [4.69, 9.17) is 4.74 Å². The first kappa shape index (κ1) is 24.3. The molecule has 35 heavy (non-hydrogen) atoms. The fourth-order valence-corrected chi connectivity index (χ4v) is 4.39. The smallest absolute Gasteiger partial charge is 0.196 e. The van der Waals surface area contributed by atoms with Crippen molar-refractivity contribution in [2.75, 3.05) is 12.9 Å². The van der Waals surface area contributed by atoms with E-state index in [2.05, 4.69) is 43.1 Å². The maximum atomic E-state index is 12.7. The Balaban J connectivity index is 1.68. The molecule has 0 bridgehead atoms. The number of aromatic hydroxyl groups is 2. The van der Waals surface area contributed by atoms with Crippen molar-refractivity contribution in [2.24, 2.45) is 0 Å². The number of carbonyl (C=O) groups excluding carboxylic acids is 1. The molecule has 0 aliphatic rings. The van der Waals surface area contributed by atoms with Crippen LogP contribution in [0.25, 0.3) is 17.1 Å². The van der Waals surface area contributed by atoms with Crippen LogP contribution in [-0.2, 0) is 5.41 Å². The maximum Gasteiger partial charge on any atom is 0.196 e. The standard InChI is InChI=1S/C27H27N3O4S/c1-27(2,3)19-8-5-17(6-9-19)25-28-29-26(30(25)20-10-12-21(34-4)13-11-20)35-16-24(33)18-7-14-22(31)23(32)15-18/h5-15,31-32H,16H2,1-4H3. The van der Waals surface area contributed by atoms with Crippen LogP contribution in [0.4, 0.5) is 0 Å². The first-order chi connectivity index (χ1) is 16.7. The Hall–Kier alpha value is -3.78. The summed E-state index contributed by atoms with van der Waals surface area (Å²) < 4.78 is 7.21. The number of hydrogen-bond acceptors (Lipinski definition) is 7. The number of ketones is 1. The fraction of sp³-hybridized carbons (Fsp3) is 0.222. The van der Waals surface area contributed by atoms with Gasteiger partial charge in [-0.2, -0.15) is 0 Å². The van der Waals surface area contributed by atoms with E-state index in [-0.39, 0.29) is 28.5 Å². The van der Waals surface area contributed by atoms with Crippen molar-refractivity contribution in [3.05, 3.63) is 77.9 Å². The molecule has 0 atom stereocenters. The Morgan fingerprint density at radius 1 is 0.943 bits per heavy atom. The monoisotopic (exact) mass is 489 g/mol. The zero-order valence-electron chi connectivity index (χ0n) is 20.0. The third kappa shape index (κ3) is 5.33. The molecule has 4 rings (SSSR count). The number of methoxy groups -OCH3 is 1. The number of Topliss-reactive ketones (excluding diaryl/α,β-unsaturated/α-hetero) is 1. The number of carbonyl (C=O) groups is 1. The van der Waals surface area contributed by atoms with Gasteiger partial charge in [0.05, 0.1) is 12.9 Å². The van der Waals surface area contributed by atoms with E-state index in [1.807, 2.05) is 41.0 Å². The predicted octanol–water partition coefficient (Wildman–Crippen LogP) is 5.63. The number of hydrogen-bond donors (Lipinski definition) is 2. The second-order valence-corrected chi connectivity index (χ2v) is 10.0. The number of rotatable bonds is 7. The van der Waals surface area contributed by atoms with Gasteiger partial charge >= 0.3 is 0 Å². The van der Waals surface area contributed by atoms with Gasteiger partial charge in [-0.05, 0) is 53.4 Å². The minimum Gasteiger partial charge on any atom is -0.504 e. The molecule has 0 saturated carbocycles. The largest absolute Gasteiger partial charge is 0.504 e. The molecule has 0 radical (unpaired) electrons. The van der Waals surface area contributed by atoms with E-state index in [9.17, 15) is 15.0 Å². The van der Waals surface area contributed by atoms with Gasteiger partial charge in [0.15, 0.2) is 28.3 Å². The Morgan fingerprint density at radius 2 is 1.63 bits per heavy atom. The van der Waals surface area contributed by atoms with Crippen molar-refractivity contribution in [3.8, 4) is 34.3 Å². The van der Waals surface area contributed by atoms with Gasteiger partial charge < -0.3 is 14.9 Å². The van der Waals surface area contributed by atoms with Crippen molar-refractivity contribution in [1.29, 1.82) is 0 Å². The molecule has 0 saturated heterocycles. The lowest BCUT2D eigenvalue weighted by molar-refractivity contribution is 0.102. The second-order valence-electron chi connectivity index (χ2n) is 9.08. The van der Waals surface area contributed by atoms with Crippen LogP contribution in [0.5, 0.6) is 17.2 Å². The number of aromatic nitrogens is 3. The first-order valence-corrected chi connectivity index (χ1v) is 12.0. The van der Waals surface area contributed by atoms with Gasteiger partial charge in [0.1, 0.15) is 5.75 Å². The zero-order chi connectivity index (χ0) is 25.2. The molecule has 0 spiro atoms. The van der Waals surface area contributed by atoms with Crippen LogP contribution in [0, 0.1) is 0 Å². The van der Waals surface area contributed by atoms with E-state index < -0.39 is 0 Å². The van der Waals surface area contributed by atoms with Crippen LogP contribution in [0.1, 0.15) is 36.7 Å². The average molecular weight is 490 g/mol. The first-order valence-electron chi connectivity index (χ1n) is 11.1. The molecule has 0 aliphatic heterocycles. The fourth-order valence-electron chi connectivity index (χ4n) is 3.54. The van der Waals surface area contributed by atoms with Crippen LogP contribution in [0.3, 0.4) is 0 Å². The minimum absolute atomic E-state index is 0.0340. The predicted molar refractivity (Wildman–Crippen MR) is 137 cm³/mol. The van der Waals surface area contributed by atoms with Gasteiger partial charge in [0.25, 0.3) is 0 Å². The highest BCUT2D eigenvalue weighted by molar-refractivity contribution is 7.99. The average Bonchev–Trinajstić information content (AvgIpc) is 3.27. The number of nitrogens with zero attached hydrogens (tertiary/aromatic N) is 3. The Labute approximate surface area is 208 Å². The quantitative estimate of drug-likeness (QED) is 0.197. The van der Waals surface area contributed by atoms with E-state index in [0.717, 1.165) is 17.0 Å². The third-order valence-corrected chi connectivity index (χ3v) is 6.53. The lowest BCUT2D eigenvalue weighted by Crippen LogP contribution is -2.10. The zero-order valence-corrected chi connectivity index (χ0v) is 20.8. The van der Waals surface area contributed by atoms with Gasteiger partial charge in [-0.15, -0.1) is 10.2 Å². The number of phenolic OH excluding ortho intramolecular Hbond substituents is 2. The van der Waals surface area contributed by atoms with Crippen LogP contribution in [0.2, 0.25) is 0 Å². The molecule has 8 heteroatoms. The maximum absolute atomic E-state index is 12.7. The van der Waals surface area contributed by atoms with Crippen molar-refractivity contribution >= 4 is 17.5 Å². The molecular weight excluding hydrogens is 462 g/mol. The number of thioether (sulfide) groups is 1. The SMILES string of the molecule is COc1ccc(-n2c(SCC(=O)c3ccc(O)c(O)c3)nnc2-c2ccc(C(C)(C)C)cc2)cc1. The summed E-state index contributed by atoms with van der Waals surface area (Å²) in [4.78, 5) is 12.7. The summed E-state index contributed by atoms with van der Waals surface area (Å²) in [6.07, 6.45) is 0. The van der Waals surface area contributed by atoms with Crippen molar-refractivity contribution in [3.63, 3.8) is 0 Å². The van der Waals surface area contributed by atoms with E-state index in [1.54, 1.807) is 7.11 Å². The van der Waals surface area contributed by atoms with E-state index >= 15 is 0 Å². The summed E-state index contributed by atoms with van der Waals surface area (Å²) in [6.45, 7) is 6.50. The molecule has 3 aromatic carbocycles. The van der Waals surface area contributed by atoms with Crippen LogP contribution in [0.15, 0.2) is 71.9 Å². The van der Waals surface area contributed by atoms with Gasteiger partial charge in [-0.1, -0.05) is 56.8 Å². The van der Waals surface area contributed by atoms with E-state index in [1.165, 1.54) is 35.5 Å². The molecule has 2 N–H and O–H groups in total. The molecule has 180 valence electrons. The lowest BCUT2D eigenvalue weighted by atomic mass is 9.87. The van der Waals surface area contributed by atoms with Crippen molar-refractivity contribution in [2.45, 2.75) is 31.3 Å². The minimum atomic E-state index is -0.330. The Bertz CT molecular complexity index is 1340. The Morgan fingerprint density at radius 3 is 2.23 bits per heavy atom. The highest BCUT2D eigenvalue weighted by atomic mass is 32.2. The number of phenols is 2. The van der Waals surface area contributed by atoms with Gasteiger partial charge in [-0.3, -0.25) is 9.36 Å². The topological polar surface area (TPSA) is 97.5 Å². The highest BCUT2D eigenvalue weighted by Gasteiger charge is 2.20. The van der Waals surface area contributed by atoms with Crippen LogP contribution < -0.4 is 4.74 Å². The third-order valence-electron chi connectivity index (χ3n) is 5.60. The second kappa shape index (κ2) is 9.84. The van der Waals surface area contributed by atoms with Gasteiger partial charge in [0.2, 0.25) is 0 Å². The van der Waals surface area contributed by atoms with Gasteiger partial charge in [0, 0.05) is 16.8 Å². The van der Waals surface area contributed by atoms with Crippen molar-refractivity contribution < 1.29 is 19.7 Å². The summed E-state index contributed by atoms with van der Waals surface area (Å²) in [7, 11) is 1.62. The molecule has 0 fully saturated rings. The van der Waals surface area contributed by atoms with Crippen molar-refractivity contribution in [1.82, 2.24) is 14.8 Å². The number of ether oxygens (including phenoxy) is 1. The number of benzene rings is 3. The summed E-state index contributed by atoms with van der Waals surface area (Å²) in [5, 5.41) is 28.6. The van der Waals surface area contributed by atoms with Gasteiger partial charge in [-0.25, -0.2) is 0 Å². The normalized spacial score (nSPS) is 11.4. The molecule has 0 unspecified atom stereocenters. The highest BCUT2D eigenvalue weighted by Crippen LogP contribution is 2.32. The molecule has 7 nitrogen and oxygen atoms in total. The molecule has 0 amide bonds. The summed E-state index contributed by atoms with van der Waals surface area (Å²) >= 11 is 1.25. The molecule has 4 aromatic rings. The van der Waals surface area contributed by atoms with Crippen LogP contribution in [-0.4, -0.2) is 43.6 Å². The summed E-state index contributed by atoms with van der Waals surface area (Å²) in [5.74, 6) is 0.674. The van der Waals surface area contributed by atoms with E-state index in [0.29, 0.717) is 16.5 Å². The molecule has 1 aromatic heterocycles. The summed E-state index contributed by atoms with van der Waals surface area (Å²) in [6, 6.07) is 19.8.